The molecule has 2 unspecified atom stereocenters. The maximum atomic E-state index is 11.5. The molecule has 1 aliphatic rings. The van der Waals surface area contributed by atoms with Crippen LogP contribution < -0.4 is 4.74 Å². The molecule has 1 aromatic carbocycles. The van der Waals surface area contributed by atoms with E-state index in [0.717, 1.165) is 31.4 Å². The molecule has 0 amide bonds. The Hall–Kier alpha value is -1.31. The van der Waals surface area contributed by atoms with Crippen molar-refractivity contribution in [3.05, 3.63) is 29.8 Å². The van der Waals surface area contributed by atoms with E-state index < -0.39 is 0 Å². The van der Waals surface area contributed by atoms with Gasteiger partial charge in [0.25, 0.3) is 0 Å². The third kappa shape index (κ3) is 3.12. The Balaban J connectivity index is 2.10. The van der Waals surface area contributed by atoms with Crippen LogP contribution in [0.25, 0.3) is 0 Å². The van der Waals surface area contributed by atoms with Gasteiger partial charge < -0.3 is 4.74 Å². The minimum absolute atomic E-state index is 0.0801. The molecule has 0 radical (unpaired) electrons. The van der Waals surface area contributed by atoms with Gasteiger partial charge >= 0.3 is 0 Å². The number of benzene rings is 1. The second-order valence-corrected chi connectivity index (χ2v) is 5.22. The molecule has 0 heterocycles. The zero-order valence-electron chi connectivity index (χ0n) is 11.3. The Morgan fingerprint density at radius 1 is 1.39 bits per heavy atom. The number of ketones is 1. The highest BCUT2D eigenvalue weighted by Crippen LogP contribution is 2.31. The molecule has 2 heteroatoms. The van der Waals surface area contributed by atoms with E-state index in [1.165, 1.54) is 5.56 Å². The third-order valence-corrected chi connectivity index (χ3v) is 3.79. The number of carbonyl (C=O) groups is 1. The summed E-state index contributed by atoms with van der Waals surface area (Å²) in [4.78, 5) is 11.5. The van der Waals surface area contributed by atoms with Crippen LogP contribution in [0.3, 0.4) is 0 Å². The topological polar surface area (TPSA) is 26.3 Å². The smallest absolute Gasteiger partial charge is 0.136 e. The quantitative estimate of drug-likeness (QED) is 0.799. The number of Topliss-reactive ketones (excluding diaryl/α,β-unsaturated/α-hetero) is 1. The van der Waals surface area contributed by atoms with E-state index in [9.17, 15) is 4.79 Å². The SMILES string of the molecule is CCC(C)c1ccccc1OC1CCCC(=O)C1. The fourth-order valence-corrected chi connectivity index (χ4v) is 2.48. The summed E-state index contributed by atoms with van der Waals surface area (Å²) in [6, 6.07) is 8.22. The molecule has 98 valence electrons. The van der Waals surface area contributed by atoms with Gasteiger partial charge in [0.1, 0.15) is 17.6 Å². The molecule has 1 fully saturated rings. The average molecular weight is 246 g/mol. The molecule has 0 bridgehead atoms. The van der Waals surface area contributed by atoms with Gasteiger partial charge in [0.15, 0.2) is 0 Å². The highest BCUT2D eigenvalue weighted by molar-refractivity contribution is 5.79. The van der Waals surface area contributed by atoms with E-state index in [4.69, 9.17) is 4.74 Å². The largest absolute Gasteiger partial charge is 0.490 e. The van der Waals surface area contributed by atoms with E-state index >= 15 is 0 Å². The second kappa shape index (κ2) is 6.03. The summed E-state index contributed by atoms with van der Waals surface area (Å²) in [6.07, 6.45) is 4.46. The Morgan fingerprint density at radius 2 is 2.17 bits per heavy atom. The molecule has 2 atom stereocenters. The number of hydrogen-bond acceptors (Lipinski definition) is 2. The van der Waals surface area contributed by atoms with Crippen LogP contribution in [0.1, 0.15) is 57.4 Å². The van der Waals surface area contributed by atoms with Gasteiger partial charge in [-0.15, -0.1) is 0 Å². The lowest BCUT2D eigenvalue weighted by Crippen LogP contribution is -2.25. The maximum absolute atomic E-state index is 11.5. The predicted octanol–water partition coefficient (Wildman–Crippen LogP) is 4.09. The van der Waals surface area contributed by atoms with Gasteiger partial charge in [0, 0.05) is 12.8 Å². The molecule has 0 N–H and O–H groups in total. The first-order valence-electron chi connectivity index (χ1n) is 6.98. The maximum Gasteiger partial charge on any atom is 0.136 e. The van der Waals surface area contributed by atoms with Crippen molar-refractivity contribution >= 4 is 5.78 Å². The van der Waals surface area contributed by atoms with Crippen molar-refractivity contribution in [2.24, 2.45) is 0 Å². The van der Waals surface area contributed by atoms with E-state index in [2.05, 4.69) is 26.0 Å². The lowest BCUT2D eigenvalue weighted by atomic mass is 9.95. The van der Waals surface area contributed by atoms with Crippen LogP contribution in [0.5, 0.6) is 5.75 Å². The highest BCUT2D eigenvalue weighted by atomic mass is 16.5. The zero-order valence-corrected chi connectivity index (χ0v) is 11.3. The molecular formula is C16H22O2. The summed E-state index contributed by atoms with van der Waals surface area (Å²) in [5, 5.41) is 0. The Bertz CT molecular complexity index is 411. The van der Waals surface area contributed by atoms with Crippen LogP contribution in [-0.4, -0.2) is 11.9 Å². The number of carbonyl (C=O) groups excluding carboxylic acids is 1. The standard InChI is InChI=1S/C16H22O2/c1-3-12(2)15-9-4-5-10-16(15)18-14-8-6-7-13(17)11-14/h4-5,9-10,12,14H,3,6-8,11H2,1-2H3. The minimum atomic E-state index is 0.0801. The van der Waals surface area contributed by atoms with E-state index in [-0.39, 0.29) is 6.10 Å². The Kier molecular flexibility index (Phi) is 4.40. The molecule has 1 aliphatic carbocycles. The highest BCUT2D eigenvalue weighted by Gasteiger charge is 2.22. The summed E-state index contributed by atoms with van der Waals surface area (Å²) < 4.78 is 6.06. The first-order valence-corrected chi connectivity index (χ1v) is 6.98. The van der Waals surface area contributed by atoms with Gasteiger partial charge in [-0.25, -0.2) is 0 Å². The van der Waals surface area contributed by atoms with Crippen molar-refractivity contribution in [3.8, 4) is 5.75 Å². The van der Waals surface area contributed by atoms with Crippen LogP contribution in [0.15, 0.2) is 24.3 Å². The van der Waals surface area contributed by atoms with Crippen molar-refractivity contribution < 1.29 is 9.53 Å². The predicted molar refractivity (Wildman–Crippen MR) is 73.0 cm³/mol. The summed E-state index contributed by atoms with van der Waals surface area (Å²) in [5.41, 5.74) is 1.26. The molecule has 18 heavy (non-hydrogen) atoms. The lowest BCUT2D eigenvalue weighted by molar-refractivity contribution is -0.122. The van der Waals surface area contributed by atoms with Gasteiger partial charge in [-0.2, -0.15) is 0 Å². The second-order valence-electron chi connectivity index (χ2n) is 5.22. The first-order chi connectivity index (χ1) is 8.70. The van der Waals surface area contributed by atoms with Gasteiger partial charge in [-0.3, -0.25) is 4.79 Å². The minimum Gasteiger partial charge on any atom is -0.490 e. The monoisotopic (exact) mass is 246 g/mol. The van der Waals surface area contributed by atoms with Crippen LogP contribution in [0.4, 0.5) is 0 Å². The van der Waals surface area contributed by atoms with Gasteiger partial charge in [0.2, 0.25) is 0 Å². The molecule has 2 rings (SSSR count). The molecule has 0 aliphatic heterocycles. The van der Waals surface area contributed by atoms with Gasteiger partial charge in [-0.05, 0) is 36.8 Å². The molecule has 2 nitrogen and oxygen atoms in total. The van der Waals surface area contributed by atoms with Crippen molar-refractivity contribution in [2.45, 2.75) is 58.0 Å². The summed E-state index contributed by atoms with van der Waals surface area (Å²) in [7, 11) is 0. The molecular weight excluding hydrogens is 224 g/mol. The third-order valence-electron chi connectivity index (χ3n) is 3.79. The molecule has 0 spiro atoms. The number of hydrogen-bond donors (Lipinski definition) is 0. The normalized spacial score (nSPS) is 21.7. The van der Waals surface area contributed by atoms with E-state index in [0.29, 0.717) is 18.1 Å². The lowest BCUT2D eigenvalue weighted by Gasteiger charge is -2.24. The number of ether oxygens (including phenoxy) is 1. The van der Waals surface area contributed by atoms with E-state index in [1.54, 1.807) is 0 Å². The number of rotatable bonds is 4. The Labute approximate surface area is 109 Å². The fraction of sp³-hybridized carbons (Fsp3) is 0.562. The molecule has 0 aromatic heterocycles. The first kappa shape index (κ1) is 13.1. The summed E-state index contributed by atoms with van der Waals surface area (Å²) >= 11 is 0. The number of para-hydroxylation sites is 1. The van der Waals surface area contributed by atoms with E-state index in [1.807, 2.05) is 12.1 Å². The summed E-state index contributed by atoms with van der Waals surface area (Å²) in [6.45, 7) is 4.40. The molecule has 1 saturated carbocycles. The molecule has 1 aromatic rings. The van der Waals surface area contributed by atoms with Crippen LogP contribution in [0, 0.1) is 0 Å². The molecule has 0 saturated heterocycles. The van der Waals surface area contributed by atoms with Crippen molar-refractivity contribution in [3.63, 3.8) is 0 Å². The van der Waals surface area contributed by atoms with Crippen molar-refractivity contribution in [2.75, 3.05) is 0 Å². The average Bonchev–Trinajstić information content (AvgIpc) is 2.38. The zero-order chi connectivity index (χ0) is 13.0. The van der Waals surface area contributed by atoms with Crippen LogP contribution >= 0.6 is 0 Å². The van der Waals surface area contributed by atoms with Crippen molar-refractivity contribution in [1.29, 1.82) is 0 Å². The summed E-state index contributed by atoms with van der Waals surface area (Å²) in [5.74, 6) is 1.80. The van der Waals surface area contributed by atoms with Gasteiger partial charge in [-0.1, -0.05) is 32.0 Å². The van der Waals surface area contributed by atoms with Crippen molar-refractivity contribution in [1.82, 2.24) is 0 Å². The van der Waals surface area contributed by atoms with Crippen LogP contribution in [-0.2, 0) is 4.79 Å². The van der Waals surface area contributed by atoms with Gasteiger partial charge in [0.05, 0.1) is 0 Å². The fourth-order valence-electron chi connectivity index (χ4n) is 2.48. The van der Waals surface area contributed by atoms with Crippen LogP contribution in [0.2, 0.25) is 0 Å². The Morgan fingerprint density at radius 3 is 2.89 bits per heavy atom.